The van der Waals surface area contributed by atoms with Crippen molar-refractivity contribution >= 4 is 38.9 Å². The van der Waals surface area contributed by atoms with E-state index in [2.05, 4.69) is 15.9 Å². The van der Waals surface area contributed by atoms with Crippen molar-refractivity contribution in [2.45, 2.75) is 13.0 Å². The highest BCUT2D eigenvalue weighted by Gasteiger charge is 2.20. The summed E-state index contributed by atoms with van der Waals surface area (Å²) in [6, 6.07) is 11.3. The van der Waals surface area contributed by atoms with Crippen LogP contribution in [0.2, 0.25) is 0 Å². The molecule has 3 nitrogen and oxygen atoms in total. The van der Waals surface area contributed by atoms with Crippen LogP contribution in [0.4, 0.5) is 5.69 Å². The van der Waals surface area contributed by atoms with E-state index in [9.17, 15) is 4.79 Å². The number of amides is 1. The van der Waals surface area contributed by atoms with E-state index in [1.165, 1.54) is 11.3 Å². The normalized spacial score (nSPS) is 12.2. The quantitative estimate of drug-likeness (QED) is 0.862. The topological polar surface area (TPSA) is 46.3 Å². The molecule has 2 aromatic rings. The Morgan fingerprint density at radius 1 is 1.37 bits per heavy atom. The molecule has 0 aliphatic heterocycles. The van der Waals surface area contributed by atoms with Crippen LogP contribution in [0, 0.1) is 0 Å². The van der Waals surface area contributed by atoms with Crippen LogP contribution < -0.4 is 5.73 Å². The second-order valence-corrected chi connectivity index (χ2v) is 6.83. The molecule has 0 bridgehead atoms. The third kappa shape index (κ3) is 3.16. The van der Waals surface area contributed by atoms with Crippen molar-refractivity contribution in [2.24, 2.45) is 0 Å². The van der Waals surface area contributed by atoms with E-state index in [-0.39, 0.29) is 11.9 Å². The lowest BCUT2D eigenvalue weighted by atomic mass is 10.1. The summed E-state index contributed by atoms with van der Waals surface area (Å²) in [7, 11) is 1.81. The van der Waals surface area contributed by atoms with E-state index >= 15 is 0 Å². The van der Waals surface area contributed by atoms with Gasteiger partial charge in [0.25, 0.3) is 5.91 Å². The van der Waals surface area contributed by atoms with Crippen LogP contribution in [-0.4, -0.2) is 17.9 Å². The number of nitrogen functional groups attached to an aromatic ring is 1. The number of benzene rings is 1. The Bertz CT molecular complexity index is 597. The van der Waals surface area contributed by atoms with Gasteiger partial charge in [-0.25, -0.2) is 0 Å². The largest absolute Gasteiger partial charge is 0.399 e. The van der Waals surface area contributed by atoms with Gasteiger partial charge in [0, 0.05) is 12.7 Å². The lowest BCUT2D eigenvalue weighted by Crippen LogP contribution is -2.29. The Labute approximate surface area is 125 Å². The van der Waals surface area contributed by atoms with Crippen LogP contribution >= 0.6 is 27.3 Å². The van der Waals surface area contributed by atoms with E-state index in [1.807, 2.05) is 50.4 Å². The zero-order valence-electron chi connectivity index (χ0n) is 10.8. The van der Waals surface area contributed by atoms with Gasteiger partial charge in [0.05, 0.1) is 14.7 Å². The van der Waals surface area contributed by atoms with Gasteiger partial charge in [-0.15, -0.1) is 11.3 Å². The van der Waals surface area contributed by atoms with E-state index in [4.69, 9.17) is 5.73 Å². The van der Waals surface area contributed by atoms with Gasteiger partial charge in [-0.3, -0.25) is 4.79 Å². The van der Waals surface area contributed by atoms with Gasteiger partial charge in [0.2, 0.25) is 0 Å². The molecule has 2 N–H and O–H groups in total. The molecule has 0 saturated carbocycles. The van der Waals surface area contributed by atoms with Gasteiger partial charge >= 0.3 is 0 Å². The van der Waals surface area contributed by atoms with Gasteiger partial charge in [0.1, 0.15) is 0 Å². The second-order valence-electron chi connectivity index (χ2n) is 4.37. The van der Waals surface area contributed by atoms with E-state index in [0.29, 0.717) is 5.69 Å². The van der Waals surface area contributed by atoms with Crippen molar-refractivity contribution in [1.29, 1.82) is 0 Å². The maximum Gasteiger partial charge on any atom is 0.264 e. The highest BCUT2D eigenvalue weighted by molar-refractivity contribution is 9.11. The zero-order chi connectivity index (χ0) is 14.0. The number of rotatable bonds is 3. The Morgan fingerprint density at radius 2 is 2.11 bits per heavy atom. The molecule has 0 fully saturated rings. The van der Waals surface area contributed by atoms with Gasteiger partial charge in [-0.05, 0) is 52.7 Å². The molecule has 1 aromatic heterocycles. The summed E-state index contributed by atoms with van der Waals surface area (Å²) in [6.07, 6.45) is 0. The number of hydrogen-bond donors (Lipinski definition) is 1. The monoisotopic (exact) mass is 338 g/mol. The number of nitrogens with zero attached hydrogens (tertiary/aromatic N) is 1. The van der Waals surface area contributed by atoms with Crippen molar-refractivity contribution in [3.63, 3.8) is 0 Å². The molecular formula is C14H15BrN2OS. The van der Waals surface area contributed by atoms with Gasteiger partial charge in [-0.1, -0.05) is 12.1 Å². The van der Waals surface area contributed by atoms with E-state index < -0.39 is 0 Å². The lowest BCUT2D eigenvalue weighted by Gasteiger charge is -2.25. The Balaban J connectivity index is 2.19. The summed E-state index contributed by atoms with van der Waals surface area (Å²) in [6.45, 7) is 2.00. The minimum Gasteiger partial charge on any atom is -0.399 e. The molecule has 100 valence electrons. The number of nitrogens with two attached hydrogens (primary N) is 1. The summed E-state index contributed by atoms with van der Waals surface area (Å²) in [5.74, 6) is 0.0191. The van der Waals surface area contributed by atoms with Crippen molar-refractivity contribution < 1.29 is 4.79 Å². The second kappa shape index (κ2) is 5.75. The first-order chi connectivity index (χ1) is 8.99. The van der Waals surface area contributed by atoms with Crippen LogP contribution in [0.5, 0.6) is 0 Å². The van der Waals surface area contributed by atoms with Crippen molar-refractivity contribution in [3.8, 4) is 0 Å². The first-order valence-corrected chi connectivity index (χ1v) is 7.48. The smallest absolute Gasteiger partial charge is 0.264 e. The molecule has 1 aromatic carbocycles. The number of halogens is 1. The maximum atomic E-state index is 12.3. The first-order valence-electron chi connectivity index (χ1n) is 5.87. The zero-order valence-corrected chi connectivity index (χ0v) is 13.2. The van der Waals surface area contributed by atoms with Crippen LogP contribution in [0.3, 0.4) is 0 Å². The van der Waals surface area contributed by atoms with Gasteiger partial charge in [-0.2, -0.15) is 0 Å². The van der Waals surface area contributed by atoms with Crippen molar-refractivity contribution in [3.05, 3.63) is 50.6 Å². The van der Waals surface area contributed by atoms with Gasteiger partial charge < -0.3 is 10.6 Å². The minimum atomic E-state index is -0.0168. The molecule has 0 radical (unpaired) electrons. The molecule has 2 rings (SSSR count). The Hall–Kier alpha value is -1.33. The number of anilines is 1. The van der Waals surface area contributed by atoms with Crippen LogP contribution in [0.25, 0.3) is 0 Å². The molecule has 1 unspecified atom stereocenters. The highest BCUT2D eigenvalue weighted by Crippen LogP contribution is 2.27. The fourth-order valence-corrected chi connectivity index (χ4v) is 3.19. The predicted molar refractivity (Wildman–Crippen MR) is 83.4 cm³/mol. The first kappa shape index (κ1) is 14.1. The Kier molecular flexibility index (Phi) is 4.27. The fourth-order valence-electron chi connectivity index (χ4n) is 1.82. The summed E-state index contributed by atoms with van der Waals surface area (Å²) < 4.78 is 0.959. The number of carbonyl (C=O) groups excluding carboxylic acids is 1. The molecule has 0 aliphatic rings. The van der Waals surface area contributed by atoms with Gasteiger partial charge in [0.15, 0.2) is 0 Å². The average molecular weight is 339 g/mol. The summed E-state index contributed by atoms with van der Waals surface area (Å²) in [5, 5.41) is 0. The van der Waals surface area contributed by atoms with Crippen LogP contribution in [0.1, 0.15) is 28.2 Å². The molecule has 1 heterocycles. The number of carbonyl (C=O) groups is 1. The molecule has 0 spiro atoms. The van der Waals surface area contributed by atoms with E-state index in [0.717, 1.165) is 14.2 Å². The number of hydrogen-bond acceptors (Lipinski definition) is 3. The predicted octanol–water partition coefficient (Wildman–Crippen LogP) is 3.93. The summed E-state index contributed by atoms with van der Waals surface area (Å²) in [5.41, 5.74) is 7.53. The van der Waals surface area contributed by atoms with Crippen LogP contribution in [0.15, 0.2) is 40.2 Å². The summed E-state index contributed by atoms with van der Waals surface area (Å²) >= 11 is 4.81. The molecule has 19 heavy (non-hydrogen) atoms. The van der Waals surface area contributed by atoms with Crippen molar-refractivity contribution in [1.82, 2.24) is 4.90 Å². The molecule has 0 saturated heterocycles. The Morgan fingerprint density at radius 3 is 2.68 bits per heavy atom. The highest BCUT2D eigenvalue weighted by atomic mass is 79.9. The van der Waals surface area contributed by atoms with Crippen LogP contribution in [-0.2, 0) is 0 Å². The van der Waals surface area contributed by atoms with E-state index in [1.54, 1.807) is 4.90 Å². The average Bonchev–Trinajstić information content (AvgIpc) is 2.83. The SMILES string of the molecule is CC(c1cccc(N)c1)N(C)C(=O)c1ccc(Br)s1. The number of thiophene rings is 1. The standard InChI is InChI=1S/C14H15BrN2OS/c1-9(10-4-3-5-11(16)8-10)17(2)14(18)12-6-7-13(15)19-12/h3-9H,16H2,1-2H3. The third-order valence-corrected chi connectivity index (χ3v) is 4.69. The minimum absolute atomic E-state index is 0.0168. The third-order valence-electron chi connectivity index (χ3n) is 3.08. The summed E-state index contributed by atoms with van der Waals surface area (Å²) in [4.78, 5) is 14.8. The molecular weight excluding hydrogens is 324 g/mol. The van der Waals surface area contributed by atoms with Crippen molar-refractivity contribution in [2.75, 3.05) is 12.8 Å². The molecule has 5 heteroatoms. The molecule has 1 atom stereocenters. The fraction of sp³-hybridized carbons (Fsp3) is 0.214. The lowest BCUT2D eigenvalue weighted by molar-refractivity contribution is 0.0747. The molecule has 0 aliphatic carbocycles. The molecule has 1 amide bonds. The maximum absolute atomic E-state index is 12.3.